The van der Waals surface area contributed by atoms with Gasteiger partial charge in [0.05, 0.1) is 42.5 Å². The molecule has 4 N–H and O–H groups in total. The summed E-state index contributed by atoms with van der Waals surface area (Å²) in [7, 11) is 0. The van der Waals surface area contributed by atoms with Gasteiger partial charge in [-0.3, -0.25) is 14.6 Å². The molecule has 1 saturated heterocycles. The lowest BCUT2D eigenvalue weighted by atomic mass is 10.0. The molecule has 38 heavy (non-hydrogen) atoms. The maximum Gasteiger partial charge on any atom is 0.416 e. The van der Waals surface area contributed by atoms with Gasteiger partial charge in [0.15, 0.2) is 0 Å². The minimum Gasteiger partial charge on any atom is -0.480 e. The lowest BCUT2D eigenvalue weighted by molar-refractivity contribution is -0.143. The Morgan fingerprint density at radius 2 is 1.39 bits per heavy atom. The van der Waals surface area contributed by atoms with E-state index in [1.807, 2.05) is 4.90 Å². The van der Waals surface area contributed by atoms with Crippen molar-refractivity contribution in [1.29, 1.82) is 0 Å². The second kappa shape index (κ2) is 12.6. The normalized spacial score (nSPS) is 16.1. The SMILES string of the molecule is O.O=C(O)CN1CCN(C(COCc2cc(C(F)(F)F)cc(C(F)(F)F)c2)c2ccc(C(=O)O)cc2)CC1. The molecule has 1 atom stereocenters. The quantitative estimate of drug-likeness (QED) is 0.457. The summed E-state index contributed by atoms with van der Waals surface area (Å²) in [6.45, 7) is 0.905. The van der Waals surface area contributed by atoms with Crippen LogP contribution in [0.15, 0.2) is 42.5 Å². The molecule has 8 nitrogen and oxygen atoms in total. The Kier molecular flexibility index (Phi) is 10.3. The van der Waals surface area contributed by atoms with Gasteiger partial charge in [-0.1, -0.05) is 12.1 Å². The summed E-state index contributed by atoms with van der Waals surface area (Å²) >= 11 is 0. The van der Waals surface area contributed by atoms with Crippen LogP contribution >= 0.6 is 0 Å². The number of halogens is 6. The molecule has 3 rings (SSSR count). The highest BCUT2D eigenvalue weighted by molar-refractivity contribution is 5.87. The molecule has 2 aromatic rings. The summed E-state index contributed by atoms with van der Waals surface area (Å²) in [6, 6.07) is 6.66. The van der Waals surface area contributed by atoms with Crippen LogP contribution in [0.1, 0.15) is 38.7 Å². The molecule has 0 aliphatic carbocycles. The maximum atomic E-state index is 13.2. The van der Waals surface area contributed by atoms with Crippen molar-refractivity contribution in [2.75, 3.05) is 39.3 Å². The second-order valence-corrected chi connectivity index (χ2v) is 8.58. The third-order valence-corrected chi connectivity index (χ3v) is 5.94. The van der Waals surface area contributed by atoms with E-state index in [-0.39, 0.29) is 35.8 Å². The van der Waals surface area contributed by atoms with Crippen molar-refractivity contribution in [2.45, 2.75) is 25.0 Å². The number of hydrogen-bond acceptors (Lipinski definition) is 5. The minimum absolute atomic E-state index is 0. The fourth-order valence-corrected chi connectivity index (χ4v) is 4.08. The number of nitrogens with zero attached hydrogens (tertiary/aromatic N) is 2. The molecule has 14 heteroatoms. The van der Waals surface area contributed by atoms with E-state index in [0.29, 0.717) is 43.9 Å². The van der Waals surface area contributed by atoms with Gasteiger partial charge < -0.3 is 20.4 Å². The Hall–Kier alpha value is -3.20. The fourth-order valence-electron chi connectivity index (χ4n) is 4.08. The van der Waals surface area contributed by atoms with Gasteiger partial charge in [0, 0.05) is 26.2 Å². The van der Waals surface area contributed by atoms with E-state index < -0.39 is 48.1 Å². The van der Waals surface area contributed by atoms with Gasteiger partial charge in [0.2, 0.25) is 0 Å². The molecule has 1 fully saturated rings. The number of ether oxygens (including phenoxy) is 1. The van der Waals surface area contributed by atoms with E-state index in [2.05, 4.69) is 0 Å². The molecule has 0 saturated carbocycles. The smallest absolute Gasteiger partial charge is 0.416 e. The van der Waals surface area contributed by atoms with Crippen LogP contribution < -0.4 is 0 Å². The average molecular weight is 552 g/mol. The number of benzene rings is 2. The summed E-state index contributed by atoms with van der Waals surface area (Å²) < 4.78 is 84.5. The molecule has 210 valence electrons. The van der Waals surface area contributed by atoms with Gasteiger partial charge in [-0.05, 0) is 41.5 Å². The van der Waals surface area contributed by atoms with Gasteiger partial charge >= 0.3 is 24.3 Å². The zero-order chi connectivity index (χ0) is 27.4. The van der Waals surface area contributed by atoms with Crippen molar-refractivity contribution < 1.29 is 56.4 Å². The molecule has 0 bridgehead atoms. The molecule has 0 aromatic heterocycles. The van der Waals surface area contributed by atoms with E-state index in [0.717, 1.165) is 0 Å². The summed E-state index contributed by atoms with van der Waals surface area (Å²) in [6.07, 6.45) is -9.94. The number of rotatable bonds is 9. The monoisotopic (exact) mass is 552 g/mol. The van der Waals surface area contributed by atoms with Crippen molar-refractivity contribution in [3.8, 4) is 0 Å². The van der Waals surface area contributed by atoms with Crippen molar-refractivity contribution in [3.63, 3.8) is 0 Å². The van der Waals surface area contributed by atoms with E-state index in [1.165, 1.54) is 12.1 Å². The standard InChI is InChI=1S/C24H24F6N2O5.H2O/c25-23(26,27)18-9-15(10-19(11-18)24(28,29)30)13-37-14-20(16-1-3-17(4-2-16)22(35)36)32-7-5-31(6-8-32)12-21(33)34;/h1-4,9-11,20H,5-8,12-14H2,(H,33,34)(H,35,36);1H2. The van der Waals surface area contributed by atoms with Crippen molar-refractivity contribution in [3.05, 3.63) is 70.3 Å². The molecular weight excluding hydrogens is 526 g/mol. The highest BCUT2D eigenvalue weighted by Gasteiger charge is 2.37. The molecule has 1 heterocycles. The number of aliphatic carboxylic acids is 1. The predicted octanol–water partition coefficient (Wildman–Crippen LogP) is 3.56. The zero-order valence-electron chi connectivity index (χ0n) is 19.8. The maximum absolute atomic E-state index is 13.2. The molecule has 0 spiro atoms. The van der Waals surface area contributed by atoms with E-state index in [9.17, 15) is 35.9 Å². The second-order valence-electron chi connectivity index (χ2n) is 8.58. The van der Waals surface area contributed by atoms with Gasteiger partial charge in [-0.25, -0.2) is 4.79 Å². The first kappa shape index (κ1) is 31.0. The van der Waals surface area contributed by atoms with Crippen LogP contribution in [0.5, 0.6) is 0 Å². The van der Waals surface area contributed by atoms with Crippen molar-refractivity contribution >= 4 is 11.9 Å². The van der Waals surface area contributed by atoms with Crippen LogP contribution in [0.3, 0.4) is 0 Å². The minimum atomic E-state index is -4.97. The van der Waals surface area contributed by atoms with E-state index in [4.69, 9.17) is 14.9 Å². The van der Waals surface area contributed by atoms with Gasteiger partial charge in [-0.2, -0.15) is 26.3 Å². The van der Waals surface area contributed by atoms with Crippen LogP contribution in [0.2, 0.25) is 0 Å². The Balaban J connectivity index is 0.00000507. The third kappa shape index (κ3) is 8.41. The fraction of sp³-hybridized carbons (Fsp3) is 0.417. The first-order valence-electron chi connectivity index (χ1n) is 11.1. The first-order chi connectivity index (χ1) is 17.2. The van der Waals surface area contributed by atoms with Crippen LogP contribution in [0.25, 0.3) is 0 Å². The number of hydrogen-bond donors (Lipinski definition) is 2. The number of piperazine rings is 1. The molecule has 1 unspecified atom stereocenters. The Morgan fingerprint density at radius 1 is 0.868 bits per heavy atom. The number of carbonyl (C=O) groups is 2. The molecule has 0 radical (unpaired) electrons. The first-order valence-corrected chi connectivity index (χ1v) is 11.1. The van der Waals surface area contributed by atoms with Crippen LogP contribution in [0, 0.1) is 0 Å². The third-order valence-electron chi connectivity index (χ3n) is 5.94. The molecule has 1 aliphatic rings. The Bertz CT molecular complexity index is 1070. The van der Waals surface area contributed by atoms with Crippen molar-refractivity contribution in [1.82, 2.24) is 9.80 Å². The summed E-state index contributed by atoms with van der Waals surface area (Å²) in [5.74, 6) is -2.11. The summed E-state index contributed by atoms with van der Waals surface area (Å²) in [5, 5.41) is 18.1. The van der Waals surface area contributed by atoms with Crippen LogP contribution in [-0.4, -0.2) is 76.8 Å². The number of carboxylic acid groups (broad SMARTS) is 2. The lowest BCUT2D eigenvalue weighted by Crippen LogP contribution is -2.49. The highest BCUT2D eigenvalue weighted by atomic mass is 19.4. The van der Waals surface area contributed by atoms with Crippen LogP contribution in [0.4, 0.5) is 26.3 Å². The molecular formula is C24H26F6N2O6. The zero-order valence-corrected chi connectivity index (χ0v) is 19.8. The summed E-state index contributed by atoms with van der Waals surface area (Å²) in [5.41, 5.74) is -2.49. The van der Waals surface area contributed by atoms with Crippen LogP contribution in [-0.2, 0) is 28.5 Å². The number of carboxylic acids is 2. The van der Waals surface area contributed by atoms with Crippen molar-refractivity contribution in [2.24, 2.45) is 0 Å². The molecule has 1 aliphatic heterocycles. The average Bonchev–Trinajstić information content (AvgIpc) is 2.81. The number of alkyl halides is 6. The largest absolute Gasteiger partial charge is 0.480 e. The van der Waals surface area contributed by atoms with Gasteiger partial charge in [0.1, 0.15) is 0 Å². The Morgan fingerprint density at radius 3 is 1.84 bits per heavy atom. The number of aromatic carboxylic acids is 1. The topological polar surface area (TPSA) is 122 Å². The molecule has 0 amide bonds. The van der Waals surface area contributed by atoms with E-state index >= 15 is 0 Å². The van der Waals surface area contributed by atoms with Gasteiger partial charge in [0.25, 0.3) is 0 Å². The highest BCUT2D eigenvalue weighted by Crippen LogP contribution is 2.36. The summed E-state index contributed by atoms with van der Waals surface area (Å²) in [4.78, 5) is 25.8. The predicted molar refractivity (Wildman–Crippen MR) is 122 cm³/mol. The van der Waals surface area contributed by atoms with E-state index in [1.54, 1.807) is 17.0 Å². The molecule has 2 aromatic carbocycles. The Labute approximate surface area is 213 Å². The van der Waals surface area contributed by atoms with Gasteiger partial charge in [-0.15, -0.1) is 0 Å². The lowest BCUT2D eigenvalue weighted by Gasteiger charge is -2.39.